The zero-order chi connectivity index (χ0) is 20.0. The quantitative estimate of drug-likeness (QED) is 0.603. The number of esters is 1. The standard InChI is InChI=1S/C24H27NO4.ClH/c1-27-19-6-5-18(11-21(19)28-2)22-20(4-3-7-25-22)29-23(26)24-12-15-8-16(13-24)10-17(9-15)14-24;/h3-7,11,15-17H,8-10,12-14H2,1-2H3;1H. The van der Waals surface area contributed by atoms with Crippen molar-refractivity contribution in [3.63, 3.8) is 0 Å². The van der Waals surface area contributed by atoms with E-state index in [1.54, 1.807) is 20.4 Å². The highest BCUT2D eigenvalue weighted by atomic mass is 35.5. The average Bonchev–Trinajstić information content (AvgIpc) is 2.72. The van der Waals surface area contributed by atoms with E-state index >= 15 is 0 Å². The molecule has 2 aromatic rings. The second-order valence-electron chi connectivity index (χ2n) is 9.01. The monoisotopic (exact) mass is 429 g/mol. The summed E-state index contributed by atoms with van der Waals surface area (Å²) in [5.74, 6) is 3.83. The van der Waals surface area contributed by atoms with Crippen molar-refractivity contribution in [3.05, 3.63) is 36.5 Å². The van der Waals surface area contributed by atoms with Crippen LogP contribution in [0.15, 0.2) is 36.5 Å². The Hall–Kier alpha value is -2.27. The first kappa shape index (κ1) is 21.0. The molecular weight excluding hydrogens is 402 g/mol. The molecule has 4 bridgehead atoms. The van der Waals surface area contributed by atoms with Gasteiger partial charge in [-0.3, -0.25) is 9.78 Å². The second kappa shape index (κ2) is 8.10. The summed E-state index contributed by atoms with van der Waals surface area (Å²) in [5, 5.41) is 0. The molecule has 1 aromatic heterocycles. The number of methoxy groups -OCH3 is 2. The number of carbonyl (C=O) groups excluding carboxylic acids is 1. The number of ether oxygens (including phenoxy) is 3. The number of benzene rings is 1. The summed E-state index contributed by atoms with van der Waals surface area (Å²) < 4.78 is 16.8. The van der Waals surface area contributed by atoms with Crippen LogP contribution in [0.2, 0.25) is 0 Å². The summed E-state index contributed by atoms with van der Waals surface area (Å²) in [5.41, 5.74) is 1.18. The molecule has 0 amide bonds. The van der Waals surface area contributed by atoms with Crippen molar-refractivity contribution < 1.29 is 19.0 Å². The Kier molecular flexibility index (Phi) is 5.67. The van der Waals surface area contributed by atoms with Gasteiger partial charge in [-0.05, 0) is 86.6 Å². The van der Waals surface area contributed by atoms with Crippen molar-refractivity contribution in [1.82, 2.24) is 4.98 Å². The summed E-state index contributed by atoms with van der Waals surface area (Å²) >= 11 is 0. The van der Waals surface area contributed by atoms with Crippen LogP contribution >= 0.6 is 12.4 Å². The first-order valence-corrected chi connectivity index (χ1v) is 10.5. The molecule has 0 unspecified atom stereocenters. The number of pyridine rings is 1. The molecule has 4 aliphatic carbocycles. The summed E-state index contributed by atoms with van der Waals surface area (Å²) in [6.07, 6.45) is 8.59. The highest BCUT2D eigenvalue weighted by Crippen LogP contribution is 2.60. The molecule has 6 rings (SSSR count). The highest BCUT2D eigenvalue weighted by molar-refractivity contribution is 5.85. The fraction of sp³-hybridized carbons (Fsp3) is 0.500. The number of nitrogens with zero attached hydrogens (tertiary/aromatic N) is 1. The zero-order valence-electron chi connectivity index (χ0n) is 17.4. The lowest BCUT2D eigenvalue weighted by Gasteiger charge is -2.55. The molecule has 6 heteroatoms. The maximum Gasteiger partial charge on any atom is 0.317 e. The summed E-state index contributed by atoms with van der Waals surface area (Å²) in [6.45, 7) is 0. The van der Waals surface area contributed by atoms with Crippen LogP contribution in [0.5, 0.6) is 17.2 Å². The van der Waals surface area contributed by atoms with Crippen LogP contribution in [0, 0.1) is 23.2 Å². The lowest BCUT2D eigenvalue weighted by molar-refractivity contribution is -0.161. The van der Waals surface area contributed by atoms with Crippen molar-refractivity contribution in [2.24, 2.45) is 23.2 Å². The first-order valence-electron chi connectivity index (χ1n) is 10.5. The Morgan fingerprint density at radius 3 is 2.17 bits per heavy atom. The molecule has 160 valence electrons. The summed E-state index contributed by atoms with van der Waals surface area (Å²) in [6, 6.07) is 9.26. The summed E-state index contributed by atoms with van der Waals surface area (Å²) in [4.78, 5) is 17.9. The van der Waals surface area contributed by atoms with Gasteiger partial charge in [0.25, 0.3) is 0 Å². The molecule has 0 radical (unpaired) electrons. The minimum atomic E-state index is -0.292. The Morgan fingerprint density at radius 1 is 0.933 bits per heavy atom. The van der Waals surface area contributed by atoms with Gasteiger partial charge in [0.05, 0.1) is 19.6 Å². The molecular formula is C24H28ClNO4. The van der Waals surface area contributed by atoms with E-state index < -0.39 is 0 Å². The molecule has 0 atom stereocenters. The molecule has 1 heterocycles. The predicted molar refractivity (Wildman–Crippen MR) is 116 cm³/mol. The lowest BCUT2D eigenvalue weighted by atomic mass is 9.49. The van der Waals surface area contributed by atoms with Gasteiger partial charge in [-0.25, -0.2) is 0 Å². The summed E-state index contributed by atoms with van der Waals surface area (Å²) in [7, 11) is 3.21. The smallest absolute Gasteiger partial charge is 0.317 e. The molecule has 1 aromatic carbocycles. The van der Waals surface area contributed by atoms with E-state index in [-0.39, 0.29) is 23.8 Å². The first-order chi connectivity index (χ1) is 14.1. The van der Waals surface area contributed by atoms with Crippen molar-refractivity contribution in [2.45, 2.75) is 38.5 Å². The topological polar surface area (TPSA) is 57.7 Å². The van der Waals surface area contributed by atoms with Crippen LogP contribution in [-0.2, 0) is 4.79 Å². The maximum atomic E-state index is 13.4. The number of hydrogen-bond acceptors (Lipinski definition) is 5. The second-order valence-corrected chi connectivity index (χ2v) is 9.01. The van der Waals surface area contributed by atoms with Gasteiger partial charge in [0.15, 0.2) is 17.2 Å². The molecule has 0 N–H and O–H groups in total. The van der Waals surface area contributed by atoms with Gasteiger partial charge in [-0.1, -0.05) is 0 Å². The normalized spacial score (nSPS) is 28.5. The van der Waals surface area contributed by atoms with Crippen molar-refractivity contribution in [1.29, 1.82) is 0 Å². The number of hydrogen-bond donors (Lipinski definition) is 0. The molecule has 4 saturated carbocycles. The van der Waals surface area contributed by atoms with Crippen LogP contribution < -0.4 is 14.2 Å². The Balaban J connectivity index is 0.00000218. The van der Waals surface area contributed by atoms with Gasteiger partial charge in [0, 0.05) is 11.8 Å². The minimum Gasteiger partial charge on any atom is -0.493 e. The fourth-order valence-corrected chi connectivity index (χ4v) is 6.24. The third kappa shape index (κ3) is 3.53. The van der Waals surface area contributed by atoms with E-state index in [4.69, 9.17) is 14.2 Å². The van der Waals surface area contributed by atoms with Crippen molar-refractivity contribution >= 4 is 18.4 Å². The number of aromatic nitrogens is 1. The number of halogens is 1. The Labute approximate surface area is 183 Å². The van der Waals surface area contributed by atoms with E-state index in [1.165, 1.54) is 19.3 Å². The van der Waals surface area contributed by atoms with Crippen molar-refractivity contribution in [3.8, 4) is 28.5 Å². The van der Waals surface area contributed by atoms with Crippen LogP contribution in [0.4, 0.5) is 0 Å². The zero-order valence-corrected chi connectivity index (χ0v) is 18.2. The third-order valence-corrected chi connectivity index (χ3v) is 7.10. The maximum absolute atomic E-state index is 13.4. The van der Waals surface area contributed by atoms with Crippen LogP contribution in [0.1, 0.15) is 38.5 Å². The predicted octanol–water partition coefficient (Wildman–Crippen LogP) is 5.31. The minimum absolute atomic E-state index is 0. The van der Waals surface area contributed by atoms with Gasteiger partial charge in [0.1, 0.15) is 5.69 Å². The van der Waals surface area contributed by atoms with E-state index in [0.29, 0.717) is 40.7 Å². The van der Waals surface area contributed by atoms with E-state index in [2.05, 4.69) is 4.98 Å². The molecule has 5 nitrogen and oxygen atoms in total. The SMILES string of the molecule is COc1ccc(-c2ncccc2OC(=O)C23CC4CC(CC(C4)C2)C3)cc1OC.Cl. The van der Waals surface area contributed by atoms with Gasteiger partial charge < -0.3 is 14.2 Å². The molecule has 0 aliphatic heterocycles. The molecule has 4 fully saturated rings. The van der Waals surface area contributed by atoms with Gasteiger partial charge in [-0.15, -0.1) is 12.4 Å². The van der Waals surface area contributed by atoms with Gasteiger partial charge in [-0.2, -0.15) is 0 Å². The van der Waals surface area contributed by atoms with E-state index in [1.807, 2.05) is 30.3 Å². The van der Waals surface area contributed by atoms with Crippen LogP contribution in [-0.4, -0.2) is 25.2 Å². The molecule has 30 heavy (non-hydrogen) atoms. The average molecular weight is 430 g/mol. The molecule has 0 spiro atoms. The van der Waals surface area contributed by atoms with Crippen LogP contribution in [0.25, 0.3) is 11.3 Å². The van der Waals surface area contributed by atoms with E-state index in [9.17, 15) is 4.79 Å². The third-order valence-electron chi connectivity index (χ3n) is 7.10. The highest BCUT2D eigenvalue weighted by Gasteiger charge is 2.55. The Bertz CT molecular complexity index is 909. The van der Waals surface area contributed by atoms with Crippen LogP contribution in [0.3, 0.4) is 0 Å². The number of carbonyl (C=O) groups is 1. The Morgan fingerprint density at radius 2 is 1.57 bits per heavy atom. The lowest BCUT2D eigenvalue weighted by Crippen LogP contribution is -2.51. The van der Waals surface area contributed by atoms with E-state index in [0.717, 1.165) is 24.8 Å². The number of rotatable bonds is 5. The fourth-order valence-electron chi connectivity index (χ4n) is 6.24. The molecule has 0 saturated heterocycles. The van der Waals surface area contributed by atoms with Crippen molar-refractivity contribution in [2.75, 3.05) is 14.2 Å². The largest absolute Gasteiger partial charge is 0.493 e. The van der Waals surface area contributed by atoms with Gasteiger partial charge >= 0.3 is 5.97 Å². The van der Waals surface area contributed by atoms with Gasteiger partial charge in [0.2, 0.25) is 0 Å². The molecule has 4 aliphatic rings.